The molecule has 1 fully saturated rings. The van der Waals surface area contributed by atoms with E-state index in [2.05, 4.69) is 17.6 Å². The van der Waals surface area contributed by atoms with Crippen molar-refractivity contribution >= 4 is 12.0 Å². The summed E-state index contributed by atoms with van der Waals surface area (Å²) in [6, 6.07) is 6.19. The van der Waals surface area contributed by atoms with Crippen LogP contribution in [0.3, 0.4) is 0 Å². The van der Waals surface area contributed by atoms with Crippen molar-refractivity contribution in [2.24, 2.45) is 5.41 Å². The molecular weight excluding hydrogens is 272 g/mol. The van der Waals surface area contributed by atoms with Crippen LogP contribution in [-0.4, -0.2) is 36.9 Å². The fourth-order valence-corrected chi connectivity index (χ4v) is 2.15. The van der Waals surface area contributed by atoms with E-state index in [1.165, 1.54) is 12.1 Å². The zero-order valence-corrected chi connectivity index (χ0v) is 12.0. The number of carboxylic acid groups (broad SMARTS) is 1. The summed E-state index contributed by atoms with van der Waals surface area (Å²) in [5, 5.41) is 14.4. The smallest absolute Gasteiger partial charge is 0.335 e. The SMILES string of the molecule is CC1(CNC(=O)NCc2ccc(C(=O)O)cc2)CCOC1. The Bertz CT molecular complexity index is 507. The fourth-order valence-electron chi connectivity index (χ4n) is 2.15. The van der Waals surface area contributed by atoms with Crippen molar-refractivity contribution in [3.05, 3.63) is 35.4 Å². The Morgan fingerprint density at radius 1 is 1.29 bits per heavy atom. The fraction of sp³-hybridized carbons (Fsp3) is 0.467. The second-order valence-corrected chi connectivity index (χ2v) is 5.65. The zero-order chi connectivity index (χ0) is 15.3. The van der Waals surface area contributed by atoms with E-state index >= 15 is 0 Å². The molecule has 114 valence electrons. The van der Waals surface area contributed by atoms with Crippen LogP contribution in [-0.2, 0) is 11.3 Å². The van der Waals surface area contributed by atoms with Gasteiger partial charge in [0.05, 0.1) is 12.2 Å². The van der Waals surface area contributed by atoms with E-state index in [0.29, 0.717) is 19.7 Å². The van der Waals surface area contributed by atoms with Gasteiger partial charge in [0.2, 0.25) is 0 Å². The highest BCUT2D eigenvalue weighted by atomic mass is 16.5. The highest BCUT2D eigenvalue weighted by molar-refractivity contribution is 5.87. The predicted octanol–water partition coefficient (Wildman–Crippen LogP) is 1.61. The maximum atomic E-state index is 11.7. The number of aromatic carboxylic acids is 1. The Morgan fingerprint density at radius 3 is 2.57 bits per heavy atom. The molecule has 1 atom stereocenters. The van der Waals surface area contributed by atoms with E-state index in [-0.39, 0.29) is 17.0 Å². The van der Waals surface area contributed by atoms with Gasteiger partial charge in [-0.25, -0.2) is 9.59 Å². The van der Waals surface area contributed by atoms with Gasteiger partial charge in [0.25, 0.3) is 0 Å². The number of hydrogen-bond acceptors (Lipinski definition) is 3. The van der Waals surface area contributed by atoms with Crippen LogP contribution in [0, 0.1) is 5.41 Å². The number of hydrogen-bond donors (Lipinski definition) is 3. The van der Waals surface area contributed by atoms with Crippen molar-refractivity contribution in [2.75, 3.05) is 19.8 Å². The number of rotatable bonds is 5. The second-order valence-electron chi connectivity index (χ2n) is 5.65. The minimum atomic E-state index is -0.959. The summed E-state index contributed by atoms with van der Waals surface area (Å²) in [7, 11) is 0. The van der Waals surface area contributed by atoms with Crippen molar-refractivity contribution in [3.63, 3.8) is 0 Å². The predicted molar refractivity (Wildman–Crippen MR) is 77.2 cm³/mol. The molecule has 1 heterocycles. The Balaban J connectivity index is 1.74. The normalized spacial score (nSPS) is 21.0. The lowest BCUT2D eigenvalue weighted by molar-refractivity contribution is 0.0697. The van der Waals surface area contributed by atoms with Gasteiger partial charge in [-0.05, 0) is 24.1 Å². The van der Waals surface area contributed by atoms with Crippen LogP contribution in [0.15, 0.2) is 24.3 Å². The van der Waals surface area contributed by atoms with E-state index in [4.69, 9.17) is 9.84 Å². The molecule has 0 saturated carbocycles. The van der Waals surface area contributed by atoms with Gasteiger partial charge >= 0.3 is 12.0 Å². The maximum Gasteiger partial charge on any atom is 0.335 e. The maximum absolute atomic E-state index is 11.7. The molecule has 1 saturated heterocycles. The van der Waals surface area contributed by atoms with Crippen molar-refractivity contribution in [3.8, 4) is 0 Å². The van der Waals surface area contributed by atoms with Gasteiger partial charge in [0.15, 0.2) is 0 Å². The van der Waals surface area contributed by atoms with E-state index in [1.54, 1.807) is 12.1 Å². The molecule has 0 aromatic heterocycles. The summed E-state index contributed by atoms with van der Waals surface area (Å²) in [5.41, 5.74) is 1.10. The molecular formula is C15H20N2O4. The largest absolute Gasteiger partial charge is 0.478 e. The first-order valence-corrected chi connectivity index (χ1v) is 6.90. The lowest BCUT2D eigenvalue weighted by atomic mass is 9.90. The van der Waals surface area contributed by atoms with Crippen molar-refractivity contribution < 1.29 is 19.4 Å². The topological polar surface area (TPSA) is 87.7 Å². The standard InChI is InChI=1S/C15H20N2O4/c1-15(6-7-21-10-15)9-17-14(20)16-8-11-2-4-12(5-3-11)13(18)19/h2-5H,6-10H2,1H3,(H,18,19)(H2,16,17,20). The average Bonchev–Trinajstić information content (AvgIpc) is 2.91. The molecule has 0 aliphatic carbocycles. The molecule has 2 amide bonds. The van der Waals surface area contributed by atoms with Crippen molar-refractivity contribution in [2.45, 2.75) is 19.9 Å². The molecule has 1 unspecified atom stereocenters. The Hall–Kier alpha value is -2.08. The lowest BCUT2D eigenvalue weighted by Crippen LogP contribution is -2.41. The van der Waals surface area contributed by atoms with Crippen molar-refractivity contribution in [1.29, 1.82) is 0 Å². The number of carboxylic acids is 1. The van der Waals surface area contributed by atoms with Gasteiger partial charge in [0.1, 0.15) is 0 Å². The lowest BCUT2D eigenvalue weighted by Gasteiger charge is -2.21. The van der Waals surface area contributed by atoms with Crippen LogP contribution < -0.4 is 10.6 Å². The highest BCUT2D eigenvalue weighted by Gasteiger charge is 2.29. The molecule has 0 radical (unpaired) electrons. The zero-order valence-electron chi connectivity index (χ0n) is 12.0. The summed E-state index contributed by atoms with van der Waals surface area (Å²) in [5.74, 6) is -0.959. The van der Waals surface area contributed by atoms with Gasteiger partial charge < -0.3 is 20.5 Å². The molecule has 0 spiro atoms. The van der Waals surface area contributed by atoms with Crippen LogP contribution in [0.1, 0.15) is 29.3 Å². The first-order valence-electron chi connectivity index (χ1n) is 6.90. The van der Waals surface area contributed by atoms with Gasteiger partial charge in [0, 0.05) is 25.1 Å². The van der Waals surface area contributed by atoms with Crippen LogP contribution in [0.4, 0.5) is 4.79 Å². The number of benzene rings is 1. The molecule has 6 heteroatoms. The quantitative estimate of drug-likeness (QED) is 0.769. The first-order chi connectivity index (χ1) is 9.98. The summed E-state index contributed by atoms with van der Waals surface area (Å²) in [6.45, 7) is 4.44. The van der Waals surface area contributed by atoms with Crippen LogP contribution in [0.2, 0.25) is 0 Å². The second kappa shape index (κ2) is 6.58. The van der Waals surface area contributed by atoms with Gasteiger partial charge in [-0.3, -0.25) is 0 Å². The minimum absolute atomic E-state index is 0.0144. The molecule has 1 aromatic carbocycles. The summed E-state index contributed by atoms with van der Waals surface area (Å²) in [6.07, 6.45) is 0.948. The third-order valence-electron chi connectivity index (χ3n) is 3.63. The summed E-state index contributed by atoms with van der Waals surface area (Å²) in [4.78, 5) is 22.5. The van der Waals surface area contributed by atoms with E-state index in [1.807, 2.05) is 0 Å². The molecule has 6 nitrogen and oxygen atoms in total. The van der Waals surface area contributed by atoms with Crippen LogP contribution >= 0.6 is 0 Å². The third kappa shape index (κ3) is 4.46. The van der Waals surface area contributed by atoms with Crippen LogP contribution in [0.25, 0.3) is 0 Å². The third-order valence-corrected chi connectivity index (χ3v) is 3.63. The molecule has 3 N–H and O–H groups in total. The molecule has 1 aromatic rings. The van der Waals surface area contributed by atoms with E-state index in [0.717, 1.165) is 18.6 Å². The number of ether oxygens (including phenoxy) is 1. The number of nitrogens with one attached hydrogen (secondary N) is 2. The first kappa shape index (κ1) is 15.3. The van der Waals surface area contributed by atoms with E-state index < -0.39 is 5.97 Å². The molecule has 21 heavy (non-hydrogen) atoms. The molecule has 1 aliphatic rings. The summed E-state index contributed by atoms with van der Waals surface area (Å²) < 4.78 is 5.33. The van der Waals surface area contributed by atoms with E-state index in [9.17, 15) is 9.59 Å². The minimum Gasteiger partial charge on any atom is -0.478 e. The average molecular weight is 292 g/mol. The number of carbonyl (C=O) groups is 2. The summed E-state index contributed by atoms with van der Waals surface area (Å²) >= 11 is 0. The van der Waals surface area contributed by atoms with Gasteiger partial charge in [-0.2, -0.15) is 0 Å². The van der Waals surface area contributed by atoms with Gasteiger partial charge in [-0.1, -0.05) is 19.1 Å². The Morgan fingerprint density at radius 2 is 2.00 bits per heavy atom. The Kier molecular flexibility index (Phi) is 4.80. The Labute approximate surface area is 123 Å². The highest BCUT2D eigenvalue weighted by Crippen LogP contribution is 2.26. The van der Waals surface area contributed by atoms with Gasteiger partial charge in [-0.15, -0.1) is 0 Å². The molecule has 1 aliphatic heterocycles. The molecule has 0 bridgehead atoms. The number of carbonyl (C=O) groups excluding carboxylic acids is 1. The monoisotopic (exact) mass is 292 g/mol. The molecule has 2 rings (SSSR count). The van der Waals surface area contributed by atoms with Crippen LogP contribution in [0.5, 0.6) is 0 Å². The number of amides is 2. The van der Waals surface area contributed by atoms with Crippen molar-refractivity contribution in [1.82, 2.24) is 10.6 Å². The number of urea groups is 1.